The second kappa shape index (κ2) is 9.39. The van der Waals surface area contributed by atoms with Crippen molar-refractivity contribution in [2.75, 3.05) is 24.4 Å². The Morgan fingerprint density at radius 1 is 1.06 bits per heavy atom. The summed E-state index contributed by atoms with van der Waals surface area (Å²) in [6.07, 6.45) is 6.13. The molecule has 2 aromatic carbocycles. The van der Waals surface area contributed by atoms with Crippen molar-refractivity contribution in [3.63, 3.8) is 0 Å². The third-order valence-electron chi connectivity index (χ3n) is 6.35. The maximum Gasteiger partial charge on any atom is 0.264 e. The highest BCUT2D eigenvalue weighted by molar-refractivity contribution is 7.92. The van der Waals surface area contributed by atoms with Crippen molar-refractivity contribution in [1.82, 2.24) is 9.88 Å². The number of H-pyrrole nitrogens is 1. The summed E-state index contributed by atoms with van der Waals surface area (Å²) in [5.74, 6) is -0.303. The average molecular weight is 468 g/mol. The lowest BCUT2D eigenvalue weighted by molar-refractivity contribution is 0.0760. The Kier molecular flexibility index (Phi) is 6.56. The van der Waals surface area contributed by atoms with Crippen LogP contribution in [0.2, 0.25) is 0 Å². The fraction of sp³-hybridized carbons (Fsp3) is 0.360. The van der Waals surface area contributed by atoms with E-state index in [0.29, 0.717) is 30.7 Å². The molecule has 1 amide bonds. The summed E-state index contributed by atoms with van der Waals surface area (Å²) in [4.78, 5) is 31.0. The number of carbonyl (C=O) groups excluding carboxylic acids is 1. The van der Waals surface area contributed by atoms with Crippen molar-refractivity contribution in [2.45, 2.75) is 43.9 Å². The van der Waals surface area contributed by atoms with Crippen molar-refractivity contribution in [1.29, 1.82) is 0 Å². The average Bonchev–Trinajstić information content (AvgIpc) is 3.13. The fourth-order valence-electron chi connectivity index (χ4n) is 4.37. The first-order valence-corrected chi connectivity index (χ1v) is 12.8. The molecule has 1 aromatic heterocycles. The molecule has 174 valence electrons. The van der Waals surface area contributed by atoms with E-state index in [-0.39, 0.29) is 21.8 Å². The van der Waals surface area contributed by atoms with E-state index in [9.17, 15) is 18.0 Å². The van der Waals surface area contributed by atoms with Gasteiger partial charge in [0.15, 0.2) is 0 Å². The molecule has 0 radical (unpaired) electrons. The number of nitrogens with one attached hydrogen (secondary N) is 1. The Balaban J connectivity index is 1.75. The molecule has 0 bridgehead atoms. The summed E-state index contributed by atoms with van der Waals surface area (Å²) < 4.78 is 28.0. The number of fused-ring (bicyclic) bond motifs is 1. The van der Waals surface area contributed by atoms with Crippen LogP contribution in [0.25, 0.3) is 10.9 Å². The molecule has 33 heavy (non-hydrogen) atoms. The van der Waals surface area contributed by atoms with Crippen LogP contribution in [0.3, 0.4) is 0 Å². The summed E-state index contributed by atoms with van der Waals surface area (Å²) >= 11 is 0. The van der Waals surface area contributed by atoms with Gasteiger partial charge in [-0.25, -0.2) is 8.42 Å². The van der Waals surface area contributed by atoms with E-state index in [1.165, 1.54) is 29.7 Å². The molecular weight excluding hydrogens is 438 g/mol. The number of aryl methyl sites for hydroxylation is 1. The number of likely N-dealkylation sites (tertiary alicyclic amines) is 1. The predicted molar refractivity (Wildman–Crippen MR) is 130 cm³/mol. The number of amides is 1. The third kappa shape index (κ3) is 4.39. The summed E-state index contributed by atoms with van der Waals surface area (Å²) in [6.45, 7) is 3.23. The zero-order chi connectivity index (χ0) is 23.6. The van der Waals surface area contributed by atoms with Gasteiger partial charge in [0.2, 0.25) is 5.43 Å². The Morgan fingerprint density at radius 3 is 2.45 bits per heavy atom. The lowest BCUT2D eigenvalue weighted by Crippen LogP contribution is -2.35. The fourth-order valence-corrected chi connectivity index (χ4v) is 5.63. The molecule has 1 N–H and O–H groups in total. The van der Waals surface area contributed by atoms with E-state index in [0.717, 1.165) is 31.2 Å². The highest BCUT2D eigenvalue weighted by Gasteiger charge is 2.25. The van der Waals surface area contributed by atoms with Gasteiger partial charge in [0.25, 0.3) is 15.9 Å². The molecule has 0 aliphatic carbocycles. The summed E-state index contributed by atoms with van der Waals surface area (Å²) in [7, 11) is -2.39. The molecule has 0 atom stereocenters. The van der Waals surface area contributed by atoms with E-state index in [1.54, 1.807) is 23.1 Å². The first-order chi connectivity index (χ1) is 15.8. The van der Waals surface area contributed by atoms with Crippen molar-refractivity contribution in [3.8, 4) is 0 Å². The second-order valence-corrected chi connectivity index (χ2v) is 10.4. The standard InChI is InChI=1S/C25H29N3O4S/c1-3-18-10-6-7-11-23(18)27(2)33(31,32)19-12-13-22-20(16-19)24(29)21(17-26-22)25(30)28-14-8-4-5-9-15-28/h6-7,10-13,16-17H,3-5,8-9,14-15H2,1-2H3,(H,26,29). The molecule has 1 saturated heterocycles. The Hall–Kier alpha value is -3.13. The van der Waals surface area contributed by atoms with Crippen molar-refractivity contribution in [3.05, 3.63) is 70.0 Å². The van der Waals surface area contributed by atoms with Crippen LogP contribution in [0.5, 0.6) is 0 Å². The first kappa shape index (κ1) is 23.0. The summed E-state index contributed by atoms with van der Waals surface area (Å²) in [5.41, 5.74) is 1.59. The largest absolute Gasteiger partial charge is 0.360 e. The summed E-state index contributed by atoms with van der Waals surface area (Å²) in [6, 6.07) is 11.8. The van der Waals surface area contributed by atoms with Crippen LogP contribution in [-0.4, -0.2) is 44.3 Å². The van der Waals surface area contributed by atoms with Gasteiger partial charge in [-0.1, -0.05) is 38.0 Å². The molecule has 0 unspecified atom stereocenters. The number of carbonyl (C=O) groups is 1. The Labute approximate surface area is 194 Å². The molecular formula is C25H29N3O4S. The third-order valence-corrected chi connectivity index (χ3v) is 8.11. The monoisotopic (exact) mass is 467 g/mol. The van der Waals surface area contributed by atoms with E-state index in [4.69, 9.17) is 0 Å². The van der Waals surface area contributed by atoms with Gasteiger partial charge in [-0.05, 0) is 49.1 Å². The van der Waals surface area contributed by atoms with Gasteiger partial charge in [0.1, 0.15) is 5.56 Å². The van der Waals surface area contributed by atoms with Gasteiger partial charge in [0, 0.05) is 37.2 Å². The molecule has 0 spiro atoms. The zero-order valence-corrected chi connectivity index (χ0v) is 19.8. The quantitative estimate of drug-likeness (QED) is 0.616. The van der Waals surface area contributed by atoms with E-state index in [1.807, 2.05) is 19.1 Å². The highest BCUT2D eigenvalue weighted by Crippen LogP contribution is 2.27. The number of anilines is 1. The molecule has 2 heterocycles. The van der Waals surface area contributed by atoms with Crippen molar-refractivity contribution >= 4 is 32.5 Å². The number of pyridine rings is 1. The lowest BCUT2D eigenvalue weighted by atomic mass is 10.1. The predicted octanol–water partition coefficient (Wildman–Crippen LogP) is 3.93. The number of hydrogen-bond donors (Lipinski definition) is 1. The number of hydrogen-bond acceptors (Lipinski definition) is 4. The maximum atomic E-state index is 13.4. The Bertz CT molecular complexity index is 1340. The van der Waals surface area contributed by atoms with Crippen LogP contribution in [0.1, 0.15) is 48.5 Å². The number of para-hydroxylation sites is 1. The second-order valence-electron chi connectivity index (χ2n) is 8.40. The Morgan fingerprint density at radius 2 is 1.76 bits per heavy atom. The number of rotatable bonds is 5. The molecule has 3 aromatic rings. The van der Waals surface area contributed by atoms with Gasteiger partial charge in [0.05, 0.1) is 10.6 Å². The van der Waals surface area contributed by atoms with E-state index in [2.05, 4.69) is 4.98 Å². The smallest absolute Gasteiger partial charge is 0.264 e. The minimum atomic E-state index is -3.91. The molecule has 4 rings (SSSR count). The summed E-state index contributed by atoms with van der Waals surface area (Å²) in [5, 5.41) is 0.189. The normalized spacial score (nSPS) is 14.8. The van der Waals surface area contributed by atoms with Gasteiger partial charge >= 0.3 is 0 Å². The van der Waals surface area contributed by atoms with Crippen LogP contribution >= 0.6 is 0 Å². The SMILES string of the molecule is CCc1ccccc1N(C)S(=O)(=O)c1ccc2[nH]cc(C(=O)N3CCCCCC3)c(=O)c2c1. The van der Waals surface area contributed by atoms with E-state index < -0.39 is 15.5 Å². The maximum absolute atomic E-state index is 13.4. The lowest BCUT2D eigenvalue weighted by Gasteiger charge is -2.22. The first-order valence-electron chi connectivity index (χ1n) is 11.4. The number of sulfonamides is 1. The number of benzene rings is 2. The van der Waals surface area contributed by atoms with Gasteiger partial charge in [-0.2, -0.15) is 0 Å². The van der Waals surface area contributed by atoms with Crippen LogP contribution in [-0.2, 0) is 16.4 Å². The highest BCUT2D eigenvalue weighted by atomic mass is 32.2. The molecule has 7 nitrogen and oxygen atoms in total. The van der Waals surface area contributed by atoms with Crippen molar-refractivity contribution in [2.24, 2.45) is 0 Å². The zero-order valence-electron chi connectivity index (χ0n) is 19.0. The van der Waals surface area contributed by atoms with Crippen LogP contribution in [0.4, 0.5) is 5.69 Å². The molecule has 1 fully saturated rings. The number of aromatic nitrogens is 1. The van der Waals surface area contributed by atoms with Crippen LogP contribution in [0.15, 0.2) is 58.4 Å². The minimum Gasteiger partial charge on any atom is -0.360 e. The van der Waals surface area contributed by atoms with Crippen LogP contribution in [0, 0.1) is 0 Å². The van der Waals surface area contributed by atoms with Gasteiger partial charge < -0.3 is 9.88 Å². The molecule has 0 saturated carbocycles. The molecule has 1 aliphatic rings. The number of nitrogens with zero attached hydrogens (tertiary/aromatic N) is 2. The van der Waals surface area contributed by atoms with Gasteiger partial charge in [-0.3, -0.25) is 13.9 Å². The molecule has 1 aliphatic heterocycles. The van der Waals surface area contributed by atoms with E-state index >= 15 is 0 Å². The topological polar surface area (TPSA) is 90.6 Å². The van der Waals surface area contributed by atoms with Gasteiger partial charge in [-0.15, -0.1) is 0 Å². The number of aromatic amines is 1. The van der Waals surface area contributed by atoms with Crippen molar-refractivity contribution < 1.29 is 13.2 Å². The van der Waals surface area contributed by atoms with Crippen LogP contribution < -0.4 is 9.73 Å². The molecule has 8 heteroatoms. The minimum absolute atomic E-state index is 0.00766.